The van der Waals surface area contributed by atoms with E-state index in [0.717, 1.165) is 16.7 Å². The summed E-state index contributed by atoms with van der Waals surface area (Å²) in [6.07, 6.45) is -0.0898. The molecule has 2 rings (SSSR count). The van der Waals surface area contributed by atoms with Gasteiger partial charge in [-0.25, -0.2) is 9.59 Å². The molecule has 3 atom stereocenters. The molecule has 0 spiro atoms. The first-order valence-electron chi connectivity index (χ1n) is 16.0. The molecule has 0 radical (unpaired) electrons. The third-order valence-corrected chi connectivity index (χ3v) is 7.01. The van der Waals surface area contributed by atoms with Crippen LogP contribution in [0.4, 0.5) is 4.79 Å². The third kappa shape index (κ3) is 13.1. The normalized spacial score (nSPS) is 13.5. The number of carbonyl (C=O) groups is 5. The van der Waals surface area contributed by atoms with Crippen LogP contribution >= 0.6 is 0 Å². The minimum Gasteiger partial charge on any atom is -0.458 e. The average molecular weight is 653 g/mol. The number of benzene rings is 2. The van der Waals surface area contributed by atoms with E-state index in [2.05, 4.69) is 10.6 Å². The van der Waals surface area contributed by atoms with Gasteiger partial charge in [0.05, 0.1) is 6.42 Å². The van der Waals surface area contributed by atoms with E-state index in [-0.39, 0.29) is 13.0 Å². The number of primary amides is 1. The maximum Gasteiger partial charge on any atom is 0.408 e. The molecular formula is C36H52N4O7. The van der Waals surface area contributed by atoms with Gasteiger partial charge in [-0.05, 0) is 78.5 Å². The first kappa shape index (κ1) is 38.8. The van der Waals surface area contributed by atoms with E-state index in [1.165, 1.54) is 4.90 Å². The Hall–Kier alpha value is -4.41. The lowest BCUT2D eigenvalue weighted by atomic mass is 9.95. The lowest BCUT2D eigenvalue weighted by Gasteiger charge is -2.36. The summed E-state index contributed by atoms with van der Waals surface area (Å²) in [5, 5.41) is 5.38. The van der Waals surface area contributed by atoms with Gasteiger partial charge in [0.1, 0.15) is 29.3 Å². The van der Waals surface area contributed by atoms with Crippen molar-refractivity contribution in [3.63, 3.8) is 0 Å². The molecule has 4 amide bonds. The van der Waals surface area contributed by atoms with E-state index >= 15 is 0 Å². The highest BCUT2D eigenvalue weighted by Crippen LogP contribution is 2.28. The summed E-state index contributed by atoms with van der Waals surface area (Å²) in [7, 11) is 0. The predicted molar refractivity (Wildman–Crippen MR) is 180 cm³/mol. The van der Waals surface area contributed by atoms with Crippen LogP contribution < -0.4 is 16.4 Å². The first-order chi connectivity index (χ1) is 21.8. The summed E-state index contributed by atoms with van der Waals surface area (Å²) in [5.41, 5.74) is 6.74. The monoisotopic (exact) mass is 652 g/mol. The van der Waals surface area contributed by atoms with Gasteiger partial charge in [0.25, 0.3) is 0 Å². The number of aryl methyl sites for hydroxylation is 2. The number of amides is 4. The number of esters is 1. The number of unbranched alkanes of at least 4 members (excludes halogenated alkanes) is 1. The molecule has 11 nitrogen and oxygen atoms in total. The number of nitrogens with zero attached hydrogens (tertiary/aromatic N) is 1. The molecule has 11 heteroatoms. The molecule has 258 valence electrons. The molecule has 4 N–H and O–H groups in total. The Bertz CT molecular complexity index is 1400. The smallest absolute Gasteiger partial charge is 0.408 e. The Kier molecular flexibility index (Phi) is 14.0. The fourth-order valence-corrected chi connectivity index (χ4v) is 4.92. The molecule has 0 saturated heterocycles. The zero-order chi connectivity index (χ0) is 35.5. The standard InChI is InChI=1S/C36H52N4O7/c1-10-11-19-40(32(43)27(22-29(37)41)39-34(45)47-36(7,8)9)30(26-20-23(2)17-18-24(26)3)31(42)38-28(33(44)46-35(4,5)6)21-25-15-13-12-14-16-25/h12-18,20,27-28,30H,10-11,19,21-22H2,1-9H3,(H2,37,41)(H,38,42)(H,39,45). The zero-order valence-corrected chi connectivity index (χ0v) is 29.3. The number of hydrogen-bond acceptors (Lipinski definition) is 7. The fourth-order valence-electron chi connectivity index (χ4n) is 4.92. The molecule has 0 heterocycles. The lowest BCUT2D eigenvalue weighted by Crippen LogP contribution is -2.56. The van der Waals surface area contributed by atoms with Gasteiger partial charge in [0.15, 0.2) is 0 Å². The molecule has 0 fully saturated rings. The second-order valence-corrected chi connectivity index (χ2v) is 13.8. The van der Waals surface area contributed by atoms with E-state index in [1.807, 2.05) is 69.3 Å². The second kappa shape index (κ2) is 16.9. The van der Waals surface area contributed by atoms with Crippen molar-refractivity contribution in [3.8, 4) is 0 Å². The minimum absolute atomic E-state index is 0.113. The van der Waals surface area contributed by atoms with Gasteiger partial charge in [-0.1, -0.05) is 67.4 Å². The summed E-state index contributed by atoms with van der Waals surface area (Å²) in [4.78, 5) is 68.6. The molecule has 0 aromatic heterocycles. The molecule has 47 heavy (non-hydrogen) atoms. The van der Waals surface area contributed by atoms with Gasteiger partial charge >= 0.3 is 12.1 Å². The van der Waals surface area contributed by atoms with Gasteiger partial charge in [0, 0.05) is 13.0 Å². The Balaban J connectivity index is 2.67. The second-order valence-electron chi connectivity index (χ2n) is 13.8. The number of ether oxygens (including phenoxy) is 2. The number of carbonyl (C=O) groups excluding carboxylic acids is 5. The van der Waals surface area contributed by atoms with Crippen molar-refractivity contribution in [2.75, 3.05) is 6.54 Å². The molecule has 0 aliphatic rings. The SMILES string of the molecule is CCCCN(C(=O)C(CC(N)=O)NC(=O)OC(C)(C)C)C(C(=O)NC(Cc1ccccc1)C(=O)OC(C)(C)C)c1cc(C)ccc1C. The fraction of sp³-hybridized carbons (Fsp3) is 0.528. The van der Waals surface area contributed by atoms with Crippen LogP contribution in [0.15, 0.2) is 48.5 Å². The maximum atomic E-state index is 14.5. The van der Waals surface area contributed by atoms with Crippen LogP contribution in [0.2, 0.25) is 0 Å². The average Bonchev–Trinajstić information content (AvgIpc) is 2.94. The number of hydrogen-bond donors (Lipinski definition) is 3. The van der Waals surface area contributed by atoms with Crippen LogP contribution in [0.5, 0.6) is 0 Å². The van der Waals surface area contributed by atoms with Crippen molar-refractivity contribution in [2.45, 2.75) is 117 Å². The molecule has 0 saturated carbocycles. The Morgan fingerprint density at radius 1 is 0.851 bits per heavy atom. The largest absolute Gasteiger partial charge is 0.458 e. The van der Waals surface area contributed by atoms with Gasteiger partial charge in [-0.3, -0.25) is 14.4 Å². The molecular weight excluding hydrogens is 600 g/mol. The van der Waals surface area contributed by atoms with E-state index in [0.29, 0.717) is 18.4 Å². The highest BCUT2D eigenvalue weighted by atomic mass is 16.6. The third-order valence-electron chi connectivity index (χ3n) is 7.01. The van der Waals surface area contributed by atoms with Gasteiger partial charge in [-0.15, -0.1) is 0 Å². The quantitative estimate of drug-likeness (QED) is 0.247. The first-order valence-corrected chi connectivity index (χ1v) is 16.0. The summed E-state index contributed by atoms with van der Waals surface area (Å²) in [6, 6.07) is 11.1. The molecule has 2 aromatic carbocycles. The van der Waals surface area contributed by atoms with Crippen LogP contribution in [0.1, 0.15) is 96.0 Å². The lowest BCUT2D eigenvalue weighted by molar-refractivity contribution is -0.159. The highest BCUT2D eigenvalue weighted by Gasteiger charge is 2.39. The van der Waals surface area contributed by atoms with Crippen LogP contribution in [-0.2, 0) is 35.1 Å². The van der Waals surface area contributed by atoms with Crippen LogP contribution in [-0.4, -0.2) is 64.5 Å². The number of nitrogens with one attached hydrogen (secondary N) is 2. The Labute approximate surface area is 278 Å². The molecule has 0 aliphatic carbocycles. The van der Waals surface area contributed by atoms with Gasteiger partial charge in [-0.2, -0.15) is 0 Å². The highest BCUT2D eigenvalue weighted by molar-refractivity contribution is 5.96. The van der Waals surface area contributed by atoms with Crippen LogP contribution in [0.3, 0.4) is 0 Å². The molecule has 2 aromatic rings. The minimum atomic E-state index is -1.41. The van der Waals surface area contributed by atoms with Gasteiger partial charge < -0.3 is 30.7 Å². The van der Waals surface area contributed by atoms with Crippen molar-refractivity contribution >= 4 is 29.8 Å². The van der Waals surface area contributed by atoms with Gasteiger partial charge in [0.2, 0.25) is 17.7 Å². The van der Waals surface area contributed by atoms with E-state index < -0.39 is 65.5 Å². The zero-order valence-electron chi connectivity index (χ0n) is 29.3. The summed E-state index contributed by atoms with van der Waals surface area (Å²) < 4.78 is 11.1. The molecule has 3 unspecified atom stereocenters. The summed E-state index contributed by atoms with van der Waals surface area (Å²) in [5.74, 6) is -2.76. The van der Waals surface area contributed by atoms with Crippen molar-refractivity contribution in [1.82, 2.24) is 15.5 Å². The van der Waals surface area contributed by atoms with Crippen molar-refractivity contribution in [3.05, 3.63) is 70.8 Å². The summed E-state index contributed by atoms with van der Waals surface area (Å²) in [6.45, 7) is 16.0. The topological polar surface area (TPSA) is 157 Å². The van der Waals surface area contributed by atoms with Crippen molar-refractivity contribution < 1.29 is 33.4 Å². The Morgan fingerprint density at radius 3 is 2.02 bits per heavy atom. The predicted octanol–water partition coefficient (Wildman–Crippen LogP) is 4.81. The molecule has 0 aliphatic heterocycles. The van der Waals surface area contributed by atoms with Crippen molar-refractivity contribution in [2.24, 2.45) is 5.73 Å². The van der Waals surface area contributed by atoms with Crippen LogP contribution in [0.25, 0.3) is 0 Å². The number of rotatable bonds is 14. The van der Waals surface area contributed by atoms with E-state index in [9.17, 15) is 24.0 Å². The number of nitrogens with two attached hydrogens (primary N) is 1. The summed E-state index contributed by atoms with van der Waals surface area (Å²) >= 11 is 0. The van der Waals surface area contributed by atoms with Crippen molar-refractivity contribution in [1.29, 1.82) is 0 Å². The maximum absolute atomic E-state index is 14.5. The molecule has 0 bridgehead atoms. The van der Waals surface area contributed by atoms with Crippen LogP contribution in [0, 0.1) is 13.8 Å². The van der Waals surface area contributed by atoms with E-state index in [4.69, 9.17) is 15.2 Å². The Morgan fingerprint density at radius 2 is 1.47 bits per heavy atom. The van der Waals surface area contributed by atoms with E-state index in [1.54, 1.807) is 41.5 Å². The number of alkyl carbamates (subject to hydrolysis) is 1.